The number of rotatable bonds is 3. The van der Waals surface area contributed by atoms with Gasteiger partial charge in [0.1, 0.15) is 5.82 Å². The molecule has 0 bridgehead atoms. The molecule has 5 N–H and O–H groups in total. The van der Waals surface area contributed by atoms with Gasteiger partial charge in [-0.3, -0.25) is 5.84 Å². The molecule has 1 aromatic heterocycles. The minimum absolute atomic E-state index is 0.202. The van der Waals surface area contributed by atoms with Crippen LogP contribution in [0.4, 0.5) is 15.8 Å². The molecular weight excluding hydrogens is 303 g/mol. The van der Waals surface area contributed by atoms with Gasteiger partial charge in [-0.2, -0.15) is 0 Å². The van der Waals surface area contributed by atoms with E-state index in [4.69, 9.17) is 11.6 Å². The van der Waals surface area contributed by atoms with E-state index in [9.17, 15) is 4.39 Å². The summed E-state index contributed by atoms with van der Waals surface area (Å²) in [5, 5.41) is 1.09. The molecular formula is C19H23FN4. The number of benzene rings is 2. The number of hydrazine groups is 1. The number of hydrogen-bond donors (Lipinski definition) is 3. The van der Waals surface area contributed by atoms with Gasteiger partial charge in [0.2, 0.25) is 0 Å². The lowest BCUT2D eigenvalue weighted by atomic mass is 10.0. The fraction of sp³-hybridized carbons (Fsp3) is 0.263. The molecule has 0 saturated carbocycles. The Morgan fingerprint density at radius 1 is 1.12 bits per heavy atom. The quantitative estimate of drug-likeness (QED) is 0.380. The minimum atomic E-state index is -0.202. The number of hydrogen-bond acceptors (Lipinski definition) is 3. The Morgan fingerprint density at radius 3 is 2.42 bits per heavy atom. The zero-order valence-electron chi connectivity index (χ0n) is 14.4. The molecule has 3 aromatic rings. The molecule has 0 spiro atoms. The van der Waals surface area contributed by atoms with Crippen LogP contribution in [0, 0.1) is 19.7 Å². The summed E-state index contributed by atoms with van der Waals surface area (Å²) in [6, 6.07) is 9.07. The molecule has 126 valence electrons. The molecule has 0 unspecified atom stereocenters. The lowest BCUT2D eigenvalue weighted by molar-refractivity contribution is 0.618. The van der Waals surface area contributed by atoms with E-state index in [1.165, 1.54) is 17.3 Å². The van der Waals surface area contributed by atoms with Crippen LogP contribution < -0.4 is 17.0 Å². The highest BCUT2D eigenvalue weighted by atomic mass is 19.1. The van der Waals surface area contributed by atoms with Crippen molar-refractivity contribution in [3.05, 3.63) is 53.0 Å². The Labute approximate surface area is 141 Å². The summed E-state index contributed by atoms with van der Waals surface area (Å²) in [6.45, 7) is 8.18. The van der Waals surface area contributed by atoms with Gasteiger partial charge in [0, 0.05) is 16.8 Å². The molecule has 4 nitrogen and oxygen atoms in total. The van der Waals surface area contributed by atoms with Crippen molar-refractivity contribution in [3.63, 3.8) is 0 Å². The topological polar surface area (TPSA) is 69.0 Å². The van der Waals surface area contributed by atoms with Crippen LogP contribution in [0.5, 0.6) is 0 Å². The first-order valence-corrected chi connectivity index (χ1v) is 8.02. The molecule has 0 amide bonds. The molecule has 0 aliphatic rings. The Morgan fingerprint density at radius 2 is 1.83 bits per heavy atom. The van der Waals surface area contributed by atoms with Crippen LogP contribution in [-0.4, -0.2) is 4.57 Å². The highest BCUT2D eigenvalue weighted by molar-refractivity contribution is 5.94. The number of anilines is 2. The molecule has 1 heterocycles. The standard InChI is InChI=1S/C19H23FN4/c1-10(2)19-12(4)14-8-17(23-22)16(21)9-18(14)24(19)13-5-6-15(20)11(3)7-13/h5-10,23H,21-22H2,1-4H3. The van der Waals surface area contributed by atoms with Gasteiger partial charge in [0.05, 0.1) is 16.9 Å². The van der Waals surface area contributed by atoms with Gasteiger partial charge in [0.25, 0.3) is 0 Å². The first-order chi connectivity index (χ1) is 11.3. The second-order valence-electron chi connectivity index (χ2n) is 6.53. The van der Waals surface area contributed by atoms with Crippen molar-refractivity contribution in [1.82, 2.24) is 4.57 Å². The molecule has 0 aliphatic carbocycles. The third-order valence-electron chi connectivity index (χ3n) is 4.54. The molecule has 0 fully saturated rings. The van der Waals surface area contributed by atoms with E-state index >= 15 is 0 Å². The monoisotopic (exact) mass is 326 g/mol. The summed E-state index contributed by atoms with van der Waals surface area (Å²) in [6.07, 6.45) is 0. The number of nitrogens with one attached hydrogen (secondary N) is 1. The normalized spacial score (nSPS) is 11.5. The number of nitrogen functional groups attached to an aromatic ring is 2. The second kappa shape index (κ2) is 5.83. The van der Waals surface area contributed by atoms with Gasteiger partial charge in [0.15, 0.2) is 0 Å². The molecule has 0 atom stereocenters. The highest BCUT2D eigenvalue weighted by Crippen LogP contribution is 2.37. The van der Waals surface area contributed by atoms with Crippen LogP contribution in [0.1, 0.15) is 36.6 Å². The van der Waals surface area contributed by atoms with Crippen molar-refractivity contribution in [2.75, 3.05) is 11.2 Å². The minimum Gasteiger partial charge on any atom is -0.397 e. The first kappa shape index (κ1) is 16.3. The maximum atomic E-state index is 13.7. The molecule has 5 heteroatoms. The van der Waals surface area contributed by atoms with E-state index < -0.39 is 0 Å². The van der Waals surface area contributed by atoms with Gasteiger partial charge in [-0.25, -0.2) is 4.39 Å². The van der Waals surface area contributed by atoms with Crippen LogP contribution in [0.3, 0.4) is 0 Å². The lowest BCUT2D eigenvalue weighted by Gasteiger charge is -2.15. The molecule has 0 saturated heterocycles. The Kier molecular flexibility index (Phi) is 3.97. The van der Waals surface area contributed by atoms with Crippen molar-refractivity contribution in [2.45, 2.75) is 33.6 Å². The average molecular weight is 326 g/mol. The van der Waals surface area contributed by atoms with Crippen molar-refractivity contribution in [1.29, 1.82) is 0 Å². The van der Waals surface area contributed by atoms with Crippen molar-refractivity contribution < 1.29 is 4.39 Å². The predicted octanol–water partition coefficient (Wildman–Crippen LogP) is 4.38. The summed E-state index contributed by atoms with van der Waals surface area (Å²) in [4.78, 5) is 0. The van der Waals surface area contributed by atoms with E-state index in [-0.39, 0.29) is 5.82 Å². The van der Waals surface area contributed by atoms with E-state index in [1.54, 1.807) is 13.0 Å². The van der Waals surface area contributed by atoms with Crippen molar-refractivity contribution >= 4 is 22.3 Å². The number of nitrogens with two attached hydrogens (primary N) is 2. The summed E-state index contributed by atoms with van der Waals surface area (Å²) >= 11 is 0. The van der Waals surface area contributed by atoms with Crippen molar-refractivity contribution in [3.8, 4) is 5.69 Å². The second-order valence-corrected chi connectivity index (χ2v) is 6.53. The van der Waals surface area contributed by atoms with Crippen LogP contribution in [0.15, 0.2) is 30.3 Å². The lowest BCUT2D eigenvalue weighted by Crippen LogP contribution is -2.09. The fourth-order valence-corrected chi connectivity index (χ4v) is 3.39. The summed E-state index contributed by atoms with van der Waals surface area (Å²) < 4.78 is 15.9. The number of fused-ring (bicyclic) bond motifs is 1. The van der Waals surface area contributed by atoms with Gasteiger partial charge >= 0.3 is 0 Å². The Balaban J connectivity index is 2.42. The number of aryl methyl sites for hydroxylation is 2. The van der Waals surface area contributed by atoms with Gasteiger partial charge in [-0.05, 0) is 61.2 Å². The van der Waals surface area contributed by atoms with E-state index in [1.807, 2.05) is 18.2 Å². The number of halogens is 1. The van der Waals surface area contributed by atoms with Gasteiger partial charge < -0.3 is 15.7 Å². The zero-order chi connectivity index (χ0) is 17.6. The van der Waals surface area contributed by atoms with E-state index in [0.29, 0.717) is 22.9 Å². The number of aromatic nitrogens is 1. The van der Waals surface area contributed by atoms with Gasteiger partial charge in [-0.15, -0.1) is 0 Å². The van der Waals surface area contributed by atoms with Crippen LogP contribution in [-0.2, 0) is 0 Å². The van der Waals surface area contributed by atoms with Crippen LogP contribution >= 0.6 is 0 Å². The summed E-state index contributed by atoms with van der Waals surface area (Å²) in [7, 11) is 0. The molecule has 2 aromatic carbocycles. The maximum absolute atomic E-state index is 13.7. The summed E-state index contributed by atoms with van der Waals surface area (Å²) in [5.74, 6) is 5.67. The van der Waals surface area contributed by atoms with Crippen LogP contribution in [0.2, 0.25) is 0 Å². The largest absolute Gasteiger partial charge is 0.397 e. The first-order valence-electron chi connectivity index (χ1n) is 8.02. The van der Waals surface area contributed by atoms with Gasteiger partial charge in [-0.1, -0.05) is 13.8 Å². The fourth-order valence-electron chi connectivity index (χ4n) is 3.39. The molecule has 24 heavy (non-hydrogen) atoms. The molecule has 0 aliphatic heterocycles. The molecule has 0 radical (unpaired) electrons. The Bertz CT molecular complexity index is 925. The number of nitrogens with zero attached hydrogens (tertiary/aromatic N) is 1. The Hall–Kier alpha value is -2.53. The van der Waals surface area contributed by atoms with E-state index in [2.05, 4.69) is 30.8 Å². The maximum Gasteiger partial charge on any atom is 0.126 e. The zero-order valence-corrected chi connectivity index (χ0v) is 14.4. The van der Waals surface area contributed by atoms with Crippen molar-refractivity contribution in [2.24, 2.45) is 5.84 Å². The van der Waals surface area contributed by atoms with E-state index in [0.717, 1.165) is 16.6 Å². The summed E-state index contributed by atoms with van der Waals surface area (Å²) in [5.41, 5.74) is 15.0. The third kappa shape index (κ3) is 2.41. The SMILES string of the molecule is Cc1cc(-n2c(C(C)C)c(C)c3cc(NN)c(N)cc32)ccc1F. The smallest absolute Gasteiger partial charge is 0.126 e. The average Bonchev–Trinajstić information content (AvgIpc) is 2.81. The predicted molar refractivity (Wildman–Crippen MR) is 99.0 cm³/mol. The molecule has 3 rings (SSSR count). The third-order valence-corrected chi connectivity index (χ3v) is 4.54. The highest BCUT2D eigenvalue weighted by Gasteiger charge is 2.19. The van der Waals surface area contributed by atoms with Crippen LogP contribution in [0.25, 0.3) is 16.6 Å².